The van der Waals surface area contributed by atoms with E-state index in [9.17, 15) is 28.4 Å². The maximum atomic E-state index is 13.3. The van der Waals surface area contributed by atoms with Crippen molar-refractivity contribution in [3.05, 3.63) is 106 Å². The quantitative estimate of drug-likeness (QED) is 0.148. The number of para-hydroxylation sites is 1. The molecule has 1 heterocycles. The molecule has 0 amide bonds. The third-order valence-corrected chi connectivity index (χ3v) is 7.59. The van der Waals surface area contributed by atoms with E-state index in [4.69, 9.17) is 4.74 Å². The van der Waals surface area contributed by atoms with Crippen LogP contribution in [-0.2, 0) is 26.6 Å². The van der Waals surface area contributed by atoms with Gasteiger partial charge in [0.2, 0.25) is 10.0 Å². The van der Waals surface area contributed by atoms with Gasteiger partial charge in [-0.3, -0.25) is 10.1 Å². The molecule has 0 saturated carbocycles. The fourth-order valence-corrected chi connectivity index (χ4v) is 5.33. The predicted octanol–water partition coefficient (Wildman–Crippen LogP) is 4.38. The summed E-state index contributed by atoms with van der Waals surface area (Å²) in [6.45, 7) is 1.82. The van der Waals surface area contributed by atoms with Crippen molar-refractivity contribution >= 4 is 38.2 Å². The number of aromatic nitrogens is 1. The molecular weight excluding hydrogens is 510 g/mol. The van der Waals surface area contributed by atoms with Gasteiger partial charge < -0.3 is 14.4 Å². The molecule has 1 aromatic heterocycles. The first-order chi connectivity index (χ1) is 18.0. The zero-order valence-electron chi connectivity index (χ0n) is 20.8. The number of fused-ring (bicyclic) bond motifs is 1. The van der Waals surface area contributed by atoms with Crippen LogP contribution in [0.5, 0.6) is 5.88 Å². The lowest BCUT2D eigenvalue weighted by Crippen LogP contribution is -2.28. The van der Waals surface area contributed by atoms with Crippen molar-refractivity contribution in [3.8, 4) is 5.88 Å². The fourth-order valence-electron chi connectivity index (χ4n) is 4.16. The monoisotopic (exact) mass is 535 g/mol. The van der Waals surface area contributed by atoms with E-state index < -0.39 is 27.0 Å². The first kappa shape index (κ1) is 26.6. The number of hydrogen-bond donors (Lipinski definition) is 2. The van der Waals surface area contributed by atoms with Crippen LogP contribution in [0.4, 0.5) is 5.69 Å². The van der Waals surface area contributed by atoms with Crippen molar-refractivity contribution in [1.29, 1.82) is 0 Å². The number of nitrogens with zero attached hydrogens (tertiary/aromatic N) is 2. The number of sulfonamides is 1. The summed E-state index contributed by atoms with van der Waals surface area (Å²) in [6, 6.07) is 17.3. The van der Waals surface area contributed by atoms with Gasteiger partial charge in [0.15, 0.2) is 5.88 Å². The Morgan fingerprint density at radius 1 is 1.11 bits per heavy atom. The van der Waals surface area contributed by atoms with E-state index in [1.165, 1.54) is 47.0 Å². The number of rotatable bonds is 8. The summed E-state index contributed by atoms with van der Waals surface area (Å²) in [5.74, 6) is -1.07. The van der Waals surface area contributed by atoms with Crippen molar-refractivity contribution in [1.82, 2.24) is 9.29 Å². The molecule has 0 aliphatic heterocycles. The molecule has 4 aromatic rings. The second-order valence-electron chi connectivity index (χ2n) is 8.61. The van der Waals surface area contributed by atoms with E-state index in [0.717, 1.165) is 12.7 Å². The van der Waals surface area contributed by atoms with Gasteiger partial charge >= 0.3 is 5.97 Å². The van der Waals surface area contributed by atoms with Crippen LogP contribution in [0.1, 0.15) is 22.7 Å². The molecule has 0 saturated heterocycles. The molecule has 38 heavy (non-hydrogen) atoms. The Morgan fingerprint density at radius 3 is 2.45 bits per heavy atom. The third-order valence-electron chi connectivity index (χ3n) is 6.14. The number of aryl methyl sites for hydroxylation is 2. The van der Waals surface area contributed by atoms with E-state index >= 15 is 0 Å². The molecule has 4 rings (SSSR count). The van der Waals surface area contributed by atoms with Gasteiger partial charge in [0.05, 0.1) is 39.6 Å². The molecule has 1 atom stereocenters. The first-order valence-corrected chi connectivity index (χ1v) is 12.9. The number of non-ortho nitro benzene ring substituents is 1. The summed E-state index contributed by atoms with van der Waals surface area (Å²) in [5, 5.41) is 22.9. The van der Waals surface area contributed by atoms with Gasteiger partial charge in [-0.1, -0.05) is 48.0 Å². The van der Waals surface area contributed by atoms with E-state index in [1.54, 1.807) is 43.4 Å². The van der Waals surface area contributed by atoms with Gasteiger partial charge in [0.1, 0.15) is 0 Å². The number of benzene rings is 3. The highest BCUT2D eigenvalue weighted by Gasteiger charge is 2.28. The number of carbonyl (C=O) groups is 1. The van der Waals surface area contributed by atoms with Crippen LogP contribution in [0.2, 0.25) is 0 Å². The van der Waals surface area contributed by atoms with Gasteiger partial charge in [-0.25, -0.2) is 13.2 Å². The molecule has 11 heteroatoms. The number of nitrogens with one attached hydrogen (secondary N) is 1. The summed E-state index contributed by atoms with van der Waals surface area (Å²) in [7, 11) is -1.37. The number of ether oxygens (including phenoxy) is 1. The van der Waals surface area contributed by atoms with Gasteiger partial charge in [-0.05, 0) is 36.8 Å². The Bertz CT molecular complexity index is 1670. The maximum Gasteiger partial charge on any atom is 0.338 e. The second-order valence-corrected chi connectivity index (χ2v) is 10.3. The van der Waals surface area contributed by atoms with Crippen LogP contribution in [0.3, 0.4) is 0 Å². The Morgan fingerprint density at radius 2 is 1.79 bits per heavy atom. The molecule has 1 unspecified atom stereocenters. The molecule has 2 N–H and O–H groups in total. The molecule has 0 aliphatic rings. The van der Waals surface area contributed by atoms with Crippen molar-refractivity contribution in [2.45, 2.75) is 17.9 Å². The Hall–Kier alpha value is -4.48. The standard InChI is InChI=1S/C27H25N3O7S/c1-17-11-13-20(14-12-17)38(35,36)28-23(18-7-6-8-19(15-18)30(33)34)16-22(27(32)37-3)25-21-9-4-5-10-24(21)29(2)26(25)31/h4-16,23,28,31H,1-3H3/b22-16+. The lowest BCUT2D eigenvalue weighted by Gasteiger charge is -2.18. The normalized spacial score (nSPS) is 12.9. The fraction of sp³-hybridized carbons (Fsp3) is 0.148. The topological polar surface area (TPSA) is 141 Å². The molecule has 196 valence electrons. The van der Waals surface area contributed by atoms with Gasteiger partial charge in [0.25, 0.3) is 5.69 Å². The summed E-state index contributed by atoms with van der Waals surface area (Å²) >= 11 is 0. The van der Waals surface area contributed by atoms with Crippen LogP contribution in [-0.4, -0.2) is 36.1 Å². The highest BCUT2D eigenvalue weighted by Crippen LogP contribution is 2.38. The van der Waals surface area contributed by atoms with Gasteiger partial charge in [-0.15, -0.1) is 0 Å². The van der Waals surface area contributed by atoms with E-state index in [2.05, 4.69) is 4.72 Å². The van der Waals surface area contributed by atoms with E-state index in [1.807, 2.05) is 6.92 Å². The summed E-state index contributed by atoms with van der Waals surface area (Å²) in [5.41, 5.74) is 1.45. The Balaban J connectivity index is 1.95. The number of nitro benzene ring substituents is 1. The lowest BCUT2D eigenvalue weighted by atomic mass is 9.98. The SMILES string of the molecule is COC(=O)/C(=C/C(NS(=O)(=O)c1ccc(C)cc1)c1cccc([N+](=O)[O-])c1)c1c(O)n(C)c2ccccc12. The molecule has 0 spiro atoms. The maximum absolute atomic E-state index is 13.3. The van der Waals surface area contributed by atoms with Crippen LogP contribution in [0, 0.1) is 17.0 Å². The minimum Gasteiger partial charge on any atom is -0.494 e. The smallest absolute Gasteiger partial charge is 0.338 e. The van der Waals surface area contributed by atoms with Crippen LogP contribution >= 0.6 is 0 Å². The van der Waals surface area contributed by atoms with E-state index in [0.29, 0.717) is 10.9 Å². The minimum absolute atomic E-state index is 0.0282. The molecule has 0 aliphatic carbocycles. The molecule has 0 fully saturated rings. The Labute approximate surface area is 219 Å². The summed E-state index contributed by atoms with van der Waals surface area (Å²) in [6.07, 6.45) is 1.29. The summed E-state index contributed by atoms with van der Waals surface area (Å²) in [4.78, 5) is 23.9. The zero-order valence-corrected chi connectivity index (χ0v) is 21.6. The number of esters is 1. The largest absolute Gasteiger partial charge is 0.494 e. The predicted molar refractivity (Wildman–Crippen MR) is 142 cm³/mol. The minimum atomic E-state index is -4.15. The molecule has 0 bridgehead atoms. The van der Waals surface area contributed by atoms with Crippen LogP contribution < -0.4 is 4.72 Å². The molecular formula is C27H25N3O7S. The van der Waals surface area contributed by atoms with Crippen molar-refractivity contribution in [2.24, 2.45) is 7.05 Å². The Kier molecular flexibility index (Phi) is 7.33. The number of nitro groups is 1. The number of aromatic hydroxyl groups is 1. The number of hydrogen-bond acceptors (Lipinski definition) is 7. The highest BCUT2D eigenvalue weighted by molar-refractivity contribution is 7.89. The third kappa shape index (κ3) is 5.15. The average molecular weight is 536 g/mol. The van der Waals surface area contributed by atoms with Crippen LogP contribution in [0.25, 0.3) is 16.5 Å². The molecule has 3 aromatic carbocycles. The van der Waals surface area contributed by atoms with E-state index in [-0.39, 0.29) is 33.2 Å². The zero-order chi connectivity index (χ0) is 27.6. The highest BCUT2D eigenvalue weighted by atomic mass is 32.2. The molecule has 0 radical (unpaired) electrons. The number of carbonyl (C=O) groups excluding carboxylic acids is 1. The second kappa shape index (κ2) is 10.5. The van der Waals surface area contributed by atoms with Crippen molar-refractivity contribution in [3.63, 3.8) is 0 Å². The first-order valence-electron chi connectivity index (χ1n) is 11.4. The van der Waals surface area contributed by atoms with Gasteiger partial charge in [-0.2, -0.15) is 4.72 Å². The van der Waals surface area contributed by atoms with Crippen molar-refractivity contribution in [2.75, 3.05) is 7.11 Å². The average Bonchev–Trinajstić information content (AvgIpc) is 3.16. The summed E-state index contributed by atoms with van der Waals surface area (Å²) < 4.78 is 35.7. The lowest BCUT2D eigenvalue weighted by molar-refractivity contribution is -0.384. The number of methoxy groups -OCH3 is 1. The van der Waals surface area contributed by atoms with Crippen molar-refractivity contribution < 1.29 is 28.0 Å². The van der Waals surface area contributed by atoms with Crippen LogP contribution in [0.15, 0.2) is 83.8 Å². The molecule has 10 nitrogen and oxygen atoms in total. The van der Waals surface area contributed by atoms with Gasteiger partial charge in [0, 0.05) is 24.6 Å².